The first-order chi connectivity index (χ1) is 9.36. The molecule has 0 aliphatic rings. The van der Waals surface area contributed by atoms with E-state index in [1.807, 2.05) is 20.2 Å². The predicted octanol–water partition coefficient (Wildman–Crippen LogP) is 1.13. The first-order valence-electron chi connectivity index (χ1n) is 6.80. The van der Waals surface area contributed by atoms with Gasteiger partial charge in [0.2, 0.25) is 10.0 Å². The lowest BCUT2D eigenvalue weighted by molar-refractivity contribution is 0.278. The van der Waals surface area contributed by atoms with Crippen LogP contribution in [0.15, 0.2) is 16.3 Å². The van der Waals surface area contributed by atoms with Gasteiger partial charge in [0.1, 0.15) is 4.21 Å². The molecule has 0 atom stereocenters. The summed E-state index contributed by atoms with van der Waals surface area (Å²) in [5, 5.41) is 3.06. The summed E-state index contributed by atoms with van der Waals surface area (Å²) in [5.74, 6) is 0. The van der Waals surface area contributed by atoms with E-state index in [0.717, 1.165) is 17.8 Å². The normalized spacial score (nSPS) is 12.5. The van der Waals surface area contributed by atoms with Crippen LogP contribution in [0.5, 0.6) is 0 Å². The number of sulfonamides is 1. The van der Waals surface area contributed by atoms with Gasteiger partial charge in [-0.05, 0) is 53.0 Å². The summed E-state index contributed by atoms with van der Waals surface area (Å²) < 4.78 is 27.3. The zero-order chi connectivity index (χ0) is 15.2. The summed E-state index contributed by atoms with van der Waals surface area (Å²) in [7, 11) is 0.509. The van der Waals surface area contributed by atoms with Crippen LogP contribution in [-0.4, -0.2) is 53.1 Å². The largest absolute Gasteiger partial charge is 0.319 e. The molecule has 1 heterocycles. The van der Waals surface area contributed by atoms with Crippen LogP contribution in [0.25, 0.3) is 0 Å². The molecule has 20 heavy (non-hydrogen) atoms. The molecule has 0 fully saturated rings. The fourth-order valence-corrected chi connectivity index (χ4v) is 3.99. The summed E-state index contributed by atoms with van der Waals surface area (Å²) in [6, 6.07) is 3.98. The van der Waals surface area contributed by atoms with Gasteiger partial charge in [-0.15, -0.1) is 11.3 Å². The van der Waals surface area contributed by atoms with E-state index in [-0.39, 0.29) is 0 Å². The van der Waals surface area contributed by atoms with E-state index in [2.05, 4.69) is 28.8 Å². The fourth-order valence-electron chi connectivity index (χ4n) is 1.57. The summed E-state index contributed by atoms with van der Waals surface area (Å²) >= 11 is 1.34. The number of likely N-dealkylation sites (N-methyl/N-ethyl adjacent to an activating group) is 2. The third-order valence-corrected chi connectivity index (χ3v) is 6.26. The molecule has 0 spiro atoms. The second-order valence-corrected chi connectivity index (χ2v) is 8.21. The van der Waals surface area contributed by atoms with Crippen molar-refractivity contribution in [2.45, 2.75) is 30.5 Å². The maximum atomic E-state index is 12.1. The lowest BCUT2D eigenvalue weighted by Crippen LogP contribution is -2.35. The second-order valence-electron chi connectivity index (χ2n) is 5.05. The molecular formula is C13H25N3O2S2. The van der Waals surface area contributed by atoms with Gasteiger partial charge in [-0.1, -0.05) is 0 Å². The van der Waals surface area contributed by atoms with Crippen molar-refractivity contribution in [3.8, 4) is 0 Å². The van der Waals surface area contributed by atoms with Gasteiger partial charge in [-0.25, -0.2) is 13.1 Å². The van der Waals surface area contributed by atoms with Gasteiger partial charge in [0, 0.05) is 24.0 Å². The van der Waals surface area contributed by atoms with E-state index in [9.17, 15) is 8.42 Å². The van der Waals surface area contributed by atoms with Crippen LogP contribution < -0.4 is 10.0 Å². The zero-order valence-corrected chi connectivity index (χ0v) is 14.3. The van der Waals surface area contributed by atoms with Gasteiger partial charge in [0.05, 0.1) is 0 Å². The zero-order valence-electron chi connectivity index (χ0n) is 12.6. The predicted molar refractivity (Wildman–Crippen MR) is 84.9 cm³/mol. The lowest BCUT2D eigenvalue weighted by atomic mass is 10.3. The van der Waals surface area contributed by atoms with Crippen LogP contribution in [0.2, 0.25) is 0 Å². The highest BCUT2D eigenvalue weighted by Gasteiger charge is 2.16. The average Bonchev–Trinajstić information content (AvgIpc) is 2.85. The third kappa shape index (κ3) is 5.49. The molecule has 0 saturated heterocycles. The molecule has 0 bridgehead atoms. The SMILES string of the molecule is CNCCc1ccc(S(=O)(=O)NCCN(C)C(C)C)s1. The van der Waals surface area contributed by atoms with Crippen LogP contribution in [0.4, 0.5) is 0 Å². The average molecular weight is 319 g/mol. The first-order valence-corrected chi connectivity index (χ1v) is 9.10. The van der Waals surface area contributed by atoms with E-state index in [4.69, 9.17) is 0 Å². The van der Waals surface area contributed by atoms with Gasteiger partial charge < -0.3 is 10.2 Å². The number of hydrogen-bond donors (Lipinski definition) is 2. The number of thiophene rings is 1. The van der Waals surface area contributed by atoms with Crippen molar-refractivity contribution < 1.29 is 8.42 Å². The minimum absolute atomic E-state index is 0.399. The van der Waals surface area contributed by atoms with Gasteiger partial charge in [-0.2, -0.15) is 0 Å². The summed E-state index contributed by atoms with van der Waals surface area (Å²) in [6.45, 7) is 6.16. The topological polar surface area (TPSA) is 61.4 Å². The Labute approximate surface area is 126 Å². The minimum Gasteiger partial charge on any atom is -0.319 e. The lowest BCUT2D eigenvalue weighted by Gasteiger charge is -2.20. The van der Waals surface area contributed by atoms with Gasteiger partial charge in [-0.3, -0.25) is 0 Å². The molecule has 0 aliphatic carbocycles. The maximum absolute atomic E-state index is 12.1. The number of hydrogen-bond acceptors (Lipinski definition) is 5. The fraction of sp³-hybridized carbons (Fsp3) is 0.692. The maximum Gasteiger partial charge on any atom is 0.250 e. The Balaban J connectivity index is 2.53. The van der Waals surface area contributed by atoms with Crippen LogP contribution >= 0.6 is 11.3 Å². The molecule has 0 amide bonds. The summed E-state index contributed by atoms with van der Waals surface area (Å²) in [5.41, 5.74) is 0. The molecule has 2 N–H and O–H groups in total. The molecule has 1 aromatic rings. The van der Waals surface area contributed by atoms with E-state index in [1.165, 1.54) is 11.3 Å². The van der Waals surface area contributed by atoms with Crippen molar-refractivity contribution >= 4 is 21.4 Å². The first kappa shape index (κ1) is 17.6. The number of nitrogens with zero attached hydrogens (tertiary/aromatic N) is 1. The molecule has 1 aromatic heterocycles. The summed E-state index contributed by atoms with van der Waals surface area (Å²) in [4.78, 5) is 3.19. The van der Waals surface area contributed by atoms with Crippen LogP contribution in [0.3, 0.4) is 0 Å². The van der Waals surface area contributed by atoms with Crippen LogP contribution in [0.1, 0.15) is 18.7 Å². The highest BCUT2D eigenvalue weighted by atomic mass is 32.2. The molecular weight excluding hydrogens is 294 g/mol. The third-order valence-electron chi connectivity index (χ3n) is 3.16. The molecule has 116 valence electrons. The van der Waals surface area contributed by atoms with Crippen molar-refractivity contribution in [2.24, 2.45) is 0 Å². The molecule has 1 rings (SSSR count). The Kier molecular flexibility index (Phi) is 7.11. The standard InChI is InChI=1S/C13H25N3O2S2/c1-11(2)16(4)10-9-15-20(17,18)13-6-5-12(19-13)7-8-14-3/h5-6,11,14-15H,7-10H2,1-4H3. The van der Waals surface area contributed by atoms with Gasteiger partial charge in [0.15, 0.2) is 0 Å². The Bertz CT molecular complexity index is 497. The Hall–Kier alpha value is -0.470. The quantitative estimate of drug-likeness (QED) is 0.716. The van der Waals surface area contributed by atoms with Crippen molar-refractivity contribution in [3.63, 3.8) is 0 Å². The second kappa shape index (κ2) is 8.09. The van der Waals surface area contributed by atoms with E-state index in [0.29, 0.717) is 23.3 Å². The number of rotatable bonds is 9. The van der Waals surface area contributed by atoms with Crippen molar-refractivity contribution in [1.29, 1.82) is 0 Å². The van der Waals surface area contributed by atoms with Crippen LogP contribution in [-0.2, 0) is 16.4 Å². The van der Waals surface area contributed by atoms with Gasteiger partial charge >= 0.3 is 0 Å². The number of nitrogens with one attached hydrogen (secondary N) is 2. The monoisotopic (exact) mass is 319 g/mol. The molecule has 0 aromatic carbocycles. The Morgan fingerprint density at radius 3 is 2.60 bits per heavy atom. The summed E-state index contributed by atoms with van der Waals surface area (Å²) in [6.07, 6.45) is 0.854. The van der Waals surface area contributed by atoms with Crippen molar-refractivity contribution in [3.05, 3.63) is 17.0 Å². The van der Waals surface area contributed by atoms with E-state index < -0.39 is 10.0 Å². The van der Waals surface area contributed by atoms with Crippen LogP contribution in [0, 0.1) is 0 Å². The molecule has 0 unspecified atom stereocenters. The molecule has 0 saturated carbocycles. The molecule has 0 radical (unpaired) electrons. The molecule has 0 aliphatic heterocycles. The highest BCUT2D eigenvalue weighted by Crippen LogP contribution is 2.21. The van der Waals surface area contributed by atoms with E-state index >= 15 is 0 Å². The Morgan fingerprint density at radius 1 is 1.30 bits per heavy atom. The molecule has 5 nitrogen and oxygen atoms in total. The smallest absolute Gasteiger partial charge is 0.250 e. The minimum atomic E-state index is -3.36. The van der Waals surface area contributed by atoms with Crippen molar-refractivity contribution in [2.75, 3.05) is 33.7 Å². The highest BCUT2D eigenvalue weighted by molar-refractivity contribution is 7.91. The van der Waals surface area contributed by atoms with Crippen molar-refractivity contribution in [1.82, 2.24) is 14.9 Å². The molecule has 7 heteroatoms. The van der Waals surface area contributed by atoms with E-state index in [1.54, 1.807) is 6.07 Å². The van der Waals surface area contributed by atoms with Gasteiger partial charge in [0.25, 0.3) is 0 Å². The Morgan fingerprint density at radius 2 is 2.00 bits per heavy atom.